The first-order valence-electron chi connectivity index (χ1n) is 6.37. The van der Waals surface area contributed by atoms with Gasteiger partial charge in [0.05, 0.1) is 11.4 Å². The van der Waals surface area contributed by atoms with Crippen LogP contribution >= 0.6 is 0 Å². The average molecular weight is 243 g/mol. The molecule has 2 N–H and O–H groups in total. The van der Waals surface area contributed by atoms with E-state index in [0.29, 0.717) is 6.54 Å². The highest BCUT2D eigenvalue weighted by Gasteiger charge is 2.09. The van der Waals surface area contributed by atoms with Gasteiger partial charge in [-0.05, 0) is 69.5 Å². The third-order valence-electron chi connectivity index (χ3n) is 3.64. The molecule has 0 amide bonds. The number of nitrogens with two attached hydrogens (primary N) is 1. The van der Waals surface area contributed by atoms with Gasteiger partial charge in [-0.25, -0.2) is 4.68 Å². The zero-order valence-electron chi connectivity index (χ0n) is 11.6. The van der Waals surface area contributed by atoms with E-state index < -0.39 is 0 Å². The van der Waals surface area contributed by atoms with Crippen molar-refractivity contribution in [2.24, 2.45) is 5.73 Å². The quantitative estimate of drug-likeness (QED) is 0.900. The molecule has 0 atom stereocenters. The molecule has 0 aliphatic heterocycles. The molecule has 96 valence electrons. The lowest BCUT2D eigenvalue weighted by Gasteiger charge is -2.09. The van der Waals surface area contributed by atoms with Gasteiger partial charge in [0.25, 0.3) is 0 Å². The Hall–Kier alpha value is -1.61. The average Bonchev–Trinajstić information content (AvgIpc) is 2.60. The molecule has 3 heteroatoms. The number of aryl methyl sites for hydroxylation is 2. The normalized spacial score (nSPS) is 10.9. The van der Waals surface area contributed by atoms with Crippen molar-refractivity contribution in [3.8, 4) is 5.69 Å². The van der Waals surface area contributed by atoms with Crippen molar-refractivity contribution in [2.45, 2.75) is 34.1 Å². The summed E-state index contributed by atoms with van der Waals surface area (Å²) in [6, 6.07) is 6.46. The van der Waals surface area contributed by atoms with Crippen LogP contribution in [0.5, 0.6) is 0 Å². The third kappa shape index (κ3) is 2.18. The van der Waals surface area contributed by atoms with Crippen LogP contribution in [-0.2, 0) is 6.42 Å². The van der Waals surface area contributed by atoms with E-state index in [1.165, 1.54) is 22.4 Å². The smallest absolute Gasteiger partial charge is 0.0651 e. The van der Waals surface area contributed by atoms with Gasteiger partial charge in [-0.1, -0.05) is 6.07 Å². The number of nitrogens with zero attached hydrogens (tertiary/aromatic N) is 2. The highest BCUT2D eigenvalue weighted by atomic mass is 15.3. The molecular formula is C15H21N3. The molecule has 1 aromatic carbocycles. The maximum atomic E-state index is 5.61. The molecule has 0 bridgehead atoms. The molecule has 0 unspecified atom stereocenters. The minimum absolute atomic E-state index is 0.694. The van der Waals surface area contributed by atoms with Crippen LogP contribution in [0.2, 0.25) is 0 Å². The Balaban J connectivity index is 2.45. The fourth-order valence-corrected chi connectivity index (χ4v) is 2.22. The van der Waals surface area contributed by atoms with E-state index >= 15 is 0 Å². The van der Waals surface area contributed by atoms with Crippen molar-refractivity contribution in [1.82, 2.24) is 9.78 Å². The Morgan fingerprint density at radius 1 is 1.17 bits per heavy atom. The fraction of sp³-hybridized carbons (Fsp3) is 0.400. The lowest BCUT2D eigenvalue weighted by atomic mass is 10.0. The zero-order chi connectivity index (χ0) is 13.3. The maximum Gasteiger partial charge on any atom is 0.0651 e. The molecule has 2 aromatic rings. The van der Waals surface area contributed by atoms with Gasteiger partial charge < -0.3 is 5.73 Å². The standard InChI is InChI=1S/C15H21N3/c1-10-9-15(6-5-14(10)7-8-16)18-13(4)11(2)12(3)17-18/h5-6,9H,7-8,16H2,1-4H3. The van der Waals surface area contributed by atoms with Crippen LogP contribution in [0.4, 0.5) is 0 Å². The number of aromatic nitrogens is 2. The van der Waals surface area contributed by atoms with Crippen LogP contribution in [0.15, 0.2) is 18.2 Å². The van der Waals surface area contributed by atoms with Gasteiger partial charge in [-0.3, -0.25) is 0 Å². The Morgan fingerprint density at radius 2 is 1.89 bits per heavy atom. The summed E-state index contributed by atoms with van der Waals surface area (Å²) in [6.45, 7) is 9.10. The number of rotatable bonds is 3. The second kappa shape index (κ2) is 4.94. The Kier molecular flexibility index (Phi) is 3.53. The van der Waals surface area contributed by atoms with Gasteiger partial charge in [0, 0.05) is 5.69 Å². The van der Waals surface area contributed by atoms with Crippen molar-refractivity contribution in [2.75, 3.05) is 6.54 Å². The fourth-order valence-electron chi connectivity index (χ4n) is 2.22. The van der Waals surface area contributed by atoms with Crippen LogP contribution in [0.1, 0.15) is 28.1 Å². The molecule has 0 fully saturated rings. The van der Waals surface area contributed by atoms with Crippen LogP contribution in [0, 0.1) is 27.7 Å². The second-order valence-corrected chi connectivity index (χ2v) is 4.86. The van der Waals surface area contributed by atoms with E-state index in [2.05, 4.69) is 51.0 Å². The Labute approximate surface area is 109 Å². The topological polar surface area (TPSA) is 43.8 Å². The van der Waals surface area contributed by atoms with Gasteiger partial charge in [-0.15, -0.1) is 0 Å². The van der Waals surface area contributed by atoms with E-state index in [4.69, 9.17) is 5.73 Å². The van der Waals surface area contributed by atoms with Crippen molar-refractivity contribution in [3.05, 3.63) is 46.3 Å². The molecule has 3 nitrogen and oxygen atoms in total. The van der Waals surface area contributed by atoms with Gasteiger partial charge in [-0.2, -0.15) is 5.10 Å². The first-order valence-corrected chi connectivity index (χ1v) is 6.37. The first kappa shape index (κ1) is 12.8. The van der Waals surface area contributed by atoms with Crippen molar-refractivity contribution in [1.29, 1.82) is 0 Å². The summed E-state index contributed by atoms with van der Waals surface area (Å²) < 4.78 is 2.02. The third-order valence-corrected chi connectivity index (χ3v) is 3.64. The highest BCUT2D eigenvalue weighted by Crippen LogP contribution is 2.19. The molecule has 18 heavy (non-hydrogen) atoms. The largest absolute Gasteiger partial charge is 0.330 e. The molecule has 0 aliphatic carbocycles. The van der Waals surface area contributed by atoms with Crippen molar-refractivity contribution in [3.63, 3.8) is 0 Å². The summed E-state index contributed by atoms with van der Waals surface area (Å²) in [6.07, 6.45) is 0.933. The van der Waals surface area contributed by atoms with Crippen LogP contribution in [0.25, 0.3) is 5.69 Å². The van der Waals surface area contributed by atoms with Gasteiger partial charge >= 0.3 is 0 Å². The molecule has 1 aromatic heterocycles. The van der Waals surface area contributed by atoms with Gasteiger partial charge in [0.15, 0.2) is 0 Å². The lowest BCUT2D eigenvalue weighted by molar-refractivity contribution is 0.830. The van der Waals surface area contributed by atoms with E-state index in [1.807, 2.05) is 4.68 Å². The van der Waals surface area contributed by atoms with Crippen LogP contribution in [-0.4, -0.2) is 16.3 Å². The number of hydrogen-bond donors (Lipinski definition) is 1. The van der Waals surface area contributed by atoms with Crippen molar-refractivity contribution >= 4 is 0 Å². The summed E-state index contributed by atoms with van der Waals surface area (Å²) in [7, 11) is 0. The molecular weight excluding hydrogens is 222 g/mol. The van der Waals surface area contributed by atoms with E-state index in [1.54, 1.807) is 0 Å². The predicted octanol–water partition coefficient (Wildman–Crippen LogP) is 2.61. The minimum atomic E-state index is 0.694. The minimum Gasteiger partial charge on any atom is -0.330 e. The van der Waals surface area contributed by atoms with Crippen LogP contribution < -0.4 is 5.73 Å². The lowest BCUT2D eigenvalue weighted by Crippen LogP contribution is -2.05. The summed E-state index contributed by atoms with van der Waals surface area (Å²) in [4.78, 5) is 0. The zero-order valence-corrected chi connectivity index (χ0v) is 11.6. The van der Waals surface area contributed by atoms with E-state index in [-0.39, 0.29) is 0 Å². The molecule has 0 radical (unpaired) electrons. The molecule has 2 rings (SSSR count). The van der Waals surface area contributed by atoms with E-state index in [9.17, 15) is 0 Å². The summed E-state index contributed by atoms with van der Waals surface area (Å²) in [5.41, 5.74) is 12.9. The molecule has 0 aliphatic rings. The Morgan fingerprint density at radius 3 is 2.39 bits per heavy atom. The molecule has 1 heterocycles. The van der Waals surface area contributed by atoms with Crippen molar-refractivity contribution < 1.29 is 0 Å². The first-order chi connectivity index (χ1) is 8.54. The summed E-state index contributed by atoms with van der Waals surface area (Å²) >= 11 is 0. The van der Waals surface area contributed by atoms with E-state index in [0.717, 1.165) is 17.8 Å². The summed E-state index contributed by atoms with van der Waals surface area (Å²) in [5.74, 6) is 0. The number of benzene rings is 1. The summed E-state index contributed by atoms with van der Waals surface area (Å²) in [5, 5.41) is 4.59. The predicted molar refractivity (Wildman–Crippen MR) is 75.3 cm³/mol. The molecule has 0 spiro atoms. The second-order valence-electron chi connectivity index (χ2n) is 4.86. The monoisotopic (exact) mass is 243 g/mol. The molecule has 0 saturated heterocycles. The number of hydrogen-bond acceptors (Lipinski definition) is 2. The highest BCUT2D eigenvalue weighted by molar-refractivity contribution is 5.42. The SMILES string of the molecule is Cc1cc(-n2nc(C)c(C)c2C)ccc1CCN. The molecule has 0 saturated carbocycles. The maximum absolute atomic E-state index is 5.61. The van der Waals surface area contributed by atoms with Gasteiger partial charge in [0.1, 0.15) is 0 Å². The van der Waals surface area contributed by atoms with Gasteiger partial charge in [0.2, 0.25) is 0 Å². The Bertz CT molecular complexity index is 567. The van der Waals surface area contributed by atoms with Crippen LogP contribution in [0.3, 0.4) is 0 Å².